The van der Waals surface area contributed by atoms with Gasteiger partial charge in [-0.3, -0.25) is 0 Å². The first kappa shape index (κ1) is 13.6. The Morgan fingerprint density at radius 2 is 1.89 bits per heavy atom. The molecule has 0 aromatic heterocycles. The second-order valence-electron chi connectivity index (χ2n) is 4.36. The van der Waals surface area contributed by atoms with Crippen LogP contribution in [0.3, 0.4) is 0 Å². The fourth-order valence-electron chi connectivity index (χ4n) is 1.96. The van der Waals surface area contributed by atoms with E-state index in [4.69, 9.17) is 16.7 Å². The van der Waals surface area contributed by atoms with Crippen LogP contribution < -0.4 is 0 Å². The first-order valence-corrected chi connectivity index (χ1v) is 6.08. The van der Waals surface area contributed by atoms with Crippen molar-refractivity contribution in [3.63, 3.8) is 0 Å². The minimum absolute atomic E-state index is 0.229. The number of aromatic carboxylic acids is 1. The zero-order valence-corrected chi connectivity index (χ0v) is 11.3. The smallest absolute Gasteiger partial charge is 0.338 e. The summed E-state index contributed by atoms with van der Waals surface area (Å²) in [5, 5.41) is 9.08. The predicted molar refractivity (Wildman–Crippen MR) is 73.3 cm³/mol. The van der Waals surface area contributed by atoms with Gasteiger partial charge in [0.05, 0.1) is 5.56 Å². The number of benzene rings is 2. The van der Waals surface area contributed by atoms with Crippen LogP contribution >= 0.6 is 11.6 Å². The van der Waals surface area contributed by atoms with Crippen LogP contribution in [0.1, 0.15) is 21.5 Å². The molecule has 0 aliphatic heterocycles. The fourth-order valence-corrected chi connectivity index (χ4v) is 2.23. The second-order valence-corrected chi connectivity index (χ2v) is 4.77. The Labute approximate surface area is 115 Å². The van der Waals surface area contributed by atoms with E-state index in [2.05, 4.69) is 0 Å². The van der Waals surface area contributed by atoms with Crippen molar-refractivity contribution < 1.29 is 14.3 Å². The number of hydrogen-bond acceptors (Lipinski definition) is 1. The fraction of sp³-hybridized carbons (Fsp3) is 0.133. The van der Waals surface area contributed by atoms with E-state index in [0.717, 1.165) is 22.8 Å². The quantitative estimate of drug-likeness (QED) is 0.880. The van der Waals surface area contributed by atoms with Gasteiger partial charge in [0.25, 0.3) is 0 Å². The van der Waals surface area contributed by atoms with Gasteiger partial charge in [0.2, 0.25) is 0 Å². The lowest BCUT2D eigenvalue weighted by Crippen LogP contribution is -2.01. The number of rotatable bonds is 2. The normalized spacial score (nSPS) is 10.5. The number of carboxylic acids is 1. The van der Waals surface area contributed by atoms with E-state index in [1.807, 2.05) is 32.0 Å². The monoisotopic (exact) mass is 278 g/mol. The number of hydrogen-bond donors (Lipinski definition) is 1. The summed E-state index contributed by atoms with van der Waals surface area (Å²) < 4.78 is 13.8. The molecular weight excluding hydrogens is 267 g/mol. The molecule has 19 heavy (non-hydrogen) atoms. The molecule has 0 spiro atoms. The maximum Gasteiger partial charge on any atom is 0.338 e. The van der Waals surface area contributed by atoms with Crippen LogP contribution in [-0.2, 0) is 0 Å². The number of aryl methyl sites for hydroxylation is 1. The summed E-state index contributed by atoms with van der Waals surface area (Å²) in [7, 11) is 0. The highest BCUT2D eigenvalue weighted by atomic mass is 35.5. The van der Waals surface area contributed by atoms with Crippen molar-refractivity contribution in [1.82, 2.24) is 0 Å². The minimum atomic E-state index is -1.33. The maximum absolute atomic E-state index is 13.8. The molecule has 0 unspecified atom stereocenters. The Balaban J connectivity index is 2.67. The van der Waals surface area contributed by atoms with E-state index in [-0.39, 0.29) is 5.02 Å². The Hall–Kier alpha value is -1.87. The van der Waals surface area contributed by atoms with Gasteiger partial charge in [-0.2, -0.15) is 0 Å². The van der Waals surface area contributed by atoms with Crippen LogP contribution in [-0.4, -0.2) is 11.1 Å². The molecule has 0 atom stereocenters. The predicted octanol–water partition coefficient (Wildman–Crippen LogP) is 4.46. The van der Waals surface area contributed by atoms with E-state index < -0.39 is 17.3 Å². The van der Waals surface area contributed by atoms with Gasteiger partial charge in [-0.15, -0.1) is 0 Å². The lowest BCUT2D eigenvalue weighted by Gasteiger charge is -2.11. The van der Waals surface area contributed by atoms with E-state index in [0.29, 0.717) is 5.56 Å². The topological polar surface area (TPSA) is 37.3 Å². The van der Waals surface area contributed by atoms with Gasteiger partial charge in [-0.25, -0.2) is 9.18 Å². The number of halogens is 2. The van der Waals surface area contributed by atoms with Crippen molar-refractivity contribution >= 4 is 17.6 Å². The van der Waals surface area contributed by atoms with E-state index in [1.54, 1.807) is 0 Å². The molecule has 0 amide bonds. The molecule has 0 radical (unpaired) electrons. The van der Waals surface area contributed by atoms with Crippen molar-refractivity contribution in [3.05, 3.63) is 57.9 Å². The summed E-state index contributed by atoms with van der Waals surface area (Å²) in [5.41, 5.74) is 2.95. The zero-order chi connectivity index (χ0) is 14.2. The van der Waals surface area contributed by atoms with Crippen molar-refractivity contribution in [1.29, 1.82) is 0 Å². The van der Waals surface area contributed by atoms with Gasteiger partial charge >= 0.3 is 5.97 Å². The number of carboxylic acid groups (broad SMARTS) is 1. The van der Waals surface area contributed by atoms with Gasteiger partial charge in [0, 0.05) is 10.6 Å². The zero-order valence-electron chi connectivity index (χ0n) is 10.5. The molecule has 0 aliphatic carbocycles. The van der Waals surface area contributed by atoms with Crippen LogP contribution in [0.2, 0.25) is 5.02 Å². The third-order valence-corrected chi connectivity index (χ3v) is 3.49. The molecule has 0 heterocycles. The molecule has 0 aliphatic rings. The Morgan fingerprint density at radius 3 is 2.53 bits per heavy atom. The Bertz CT molecular complexity index is 665. The van der Waals surface area contributed by atoms with Crippen LogP contribution in [0.25, 0.3) is 11.1 Å². The maximum atomic E-state index is 13.8. The highest BCUT2D eigenvalue weighted by Crippen LogP contribution is 2.33. The molecule has 1 N–H and O–H groups in total. The van der Waals surface area contributed by atoms with Crippen LogP contribution in [0.5, 0.6) is 0 Å². The van der Waals surface area contributed by atoms with Crippen molar-refractivity contribution in [3.8, 4) is 11.1 Å². The van der Waals surface area contributed by atoms with E-state index in [9.17, 15) is 9.18 Å². The van der Waals surface area contributed by atoms with Crippen LogP contribution in [0.15, 0.2) is 30.3 Å². The summed E-state index contributed by atoms with van der Waals surface area (Å²) in [4.78, 5) is 10.8. The standard InChI is InChI=1S/C15H12ClFO2/c1-8-4-3-5-10(9(8)2)11-7-14(17)12(15(18)19)6-13(11)16/h3-7H,1-2H3,(H,18,19). The van der Waals surface area contributed by atoms with Gasteiger partial charge in [0.15, 0.2) is 0 Å². The second kappa shape index (κ2) is 5.02. The van der Waals surface area contributed by atoms with E-state index >= 15 is 0 Å². The minimum Gasteiger partial charge on any atom is -0.478 e. The van der Waals surface area contributed by atoms with Crippen molar-refractivity contribution in [2.24, 2.45) is 0 Å². The molecule has 4 heteroatoms. The van der Waals surface area contributed by atoms with Crippen LogP contribution in [0.4, 0.5) is 4.39 Å². The lowest BCUT2D eigenvalue weighted by molar-refractivity contribution is 0.0692. The number of carbonyl (C=O) groups is 1. The molecule has 2 aromatic carbocycles. The SMILES string of the molecule is Cc1cccc(-c2cc(F)c(C(=O)O)cc2Cl)c1C. The molecule has 0 bridgehead atoms. The molecule has 0 saturated carbocycles. The molecule has 2 rings (SSSR count). The average Bonchev–Trinajstić information content (AvgIpc) is 2.35. The summed E-state index contributed by atoms with van der Waals surface area (Å²) in [5.74, 6) is -2.11. The molecule has 0 saturated heterocycles. The summed E-state index contributed by atoms with van der Waals surface area (Å²) in [6, 6.07) is 7.97. The van der Waals surface area contributed by atoms with Crippen molar-refractivity contribution in [2.45, 2.75) is 13.8 Å². The molecule has 98 valence electrons. The lowest BCUT2D eigenvalue weighted by atomic mass is 9.96. The van der Waals surface area contributed by atoms with Crippen LogP contribution in [0, 0.1) is 19.7 Å². The van der Waals surface area contributed by atoms with Gasteiger partial charge < -0.3 is 5.11 Å². The van der Waals surface area contributed by atoms with E-state index in [1.165, 1.54) is 6.07 Å². The average molecular weight is 279 g/mol. The van der Waals surface area contributed by atoms with Gasteiger partial charge in [-0.05, 0) is 42.7 Å². The molecule has 0 fully saturated rings. The third kappa shape index (κ3) is 2.47. The molecule has 2 nitrogen and oxygen atoms in total. The van der Waals surface area contributed by atoms with Gasteiger partial charge in [-0.1, -0.05) is 29.8 Å². The first-order chi connectivity index (χ1) is 8.91. The first-order valence-electron chi connectivity index (χ1n) is 5.70. The Kier molecular flexibility index (Phi) is 3.58. The summed E-state index contributed by atoms with van der Waals surface area (Å²) in [6.07, 6.45) is 0. The van der Waals surface area contributed by atoms with Crippen molar-refractivity contribution in [2.75, 3.05) is 0 Å². The third-order valence-electron chi connectivity index (χ3n) is 3.18. The van der Waals surface area contributed by atoms with Gasteiger partial charge in [0.1, 0.15) is 5.82 Å². The highest BCUT2D eigenvalue weighted by Gasteiger charge is 2.16. The highest BCUT2D eigenvalue weighted by molar-refractivity contribution is 6.33. The Morgan fingerprint density at radius 1 is 1.21 bits per heavy atom. The summed E-state index contributed by atoms with van der Waals surface area (Å²) >= 11 is 6.07. The summed E-state index contributed by atoms with van der Waals surface area (Å²) in [6.45, 7) is 3.87. The largest absolute Gasteiger partial charge is 0.478 e. The molecule has 2 aromatic rings. The molecular formula is C15H12ClFO2.